The molecule has 5 heteroatoms. The summed E-state index contributed by atoms with van der Waals surface area (Å²) in [7, 11) is 0. The van der Waals surface area contributed by atoms with Gasteiger partial charge in [-0.25, -0.2) is 4.98 Å². The Hall–Kier alpha value is -2.32. The number of hydrogen-bond donors (Lipinski definition) is 0. The third kappa shape index (κ3) is 4.33. The standard InChI is InChI=1S/C24H28FN3O/c25-22-20(16-26)15-19(17-28-22)7-1-3-9-23(21-8-2-6-13-27-21)12-14-29-24(18-23)10-4-5-11-24/h2,6,8,13,15,17H,1,3-5,7,9-12,14,18H2/t23-/m1/s1. The highest BCUT2D eigenvalue weighted by atomic mass is 19.1. The predicted octanol–water partition coefficient (Wildman–Crippen LogP) is 5.26. The molecule has 2 fully saturated rings. The molecule has 2 aromatic heterocycles. The first-order valence-corrected chi connectivity index (χ1v) is 10.7. The van der Waals surface area contributed by atoms with Gasteiger partial charge in [0.25, 0.3) is 0 Å². The predicted molar refractivity (Wildman–Crippen MR) is 109 cm³/mol. The third-order valence-electron chi connectivity index (χ3n) is 6.76. The maximum Gasteiger partial charge on any atom is 0.230 e. The molecule has 0 N–H and O–H groups in total. The minimum absolute atomic E-state index is 0.0278. The Bertz CT molecular complexity index is 873. The van der Waals surface area contributed by atoms with Gasteiger partial charge in [0, 0.05) is 30.1 Å². The van der Waals surface area contributed by atoms with Gasteiger partial charge in [0.1, 0.15) is 11.6 Å². The number of aromatic nitrogens is 2. The van der Waals surface area contributed by atoms with Crippen LogP contribution >= 0.6 is 0 Å². The van der Waals surface area contributed by atoms with Crippen LogP contribution in [-0.2, 0) is 16.6 Å². The zero-order valence-corrected chi connectivity index (χ0v) is 16.9. The number of nitrogens with zero attached hydrogens (tertiary/aromatic N) is 3. The molecule has 0 unspecified atom stereocenters. The van der Waals surface area contributed by atoms with E-state index in [2.05, 4.69) is 17.1 Å². The van der Waals surface area contributed by atoms with E-state index in [0.717, 1.165) is 50.7 Å². The van der Waals surface area contributed by atoms with Crippen LogP contribution in [0.25, 0.3) is 0 Å². The third-order valence-corrected chi connectivity index (χ3v) is 6.76. The molecule has 3 heterocycles. The number of halogens is 1. The summed E-state index contributed by atoms with van der Waals surface area (Å²) in [5, 5.41) is 9.00. The molecule has 1 aliphatic heterocycles. The van der Waals surface area contributed by atoms with Crippen molar-refractivity contribution in [1.29, 1.82) is 5.26 Å². The minimum atomic E-state index is -0.686. The van der Waals surface area contributed by atoms with Gasteiger partial charge in [-0.1, -0.05) is 25.3 Å². The molecule has 2 aromatic rings. The molecule has 2 aliphatic rings. The minimum Gasteiger partial charge on any atom is -0.375 e. The van der Waals surface area contributed by atoms with Crippen molar-refractivity contribution in [2.24, 2.45) is 0 Å². The molecule has 4 nitrogen and oxygen atoms in total. The first-order valence-electron chi connectivity index (χ1n) is 10.7. The van der Waals surface area contributed by atoms with Gasteiger partial charge in [0.2, 0.25) is 5.95 Å². The topological polar surface area (TPSA) is 58.8 Å². The molecule has 1 aliphatic carbocycles. The van der Waals surface area contributed by atoms with E-state index in [4.69, 9.17) is 15.0 Å². The molecule has 1 saturated carbocycles. The fraction of sp³-hybridized carbons (Fsp3) is 0.542. The number of ether oxygens (including phenoxy) is 1. The Morgan fingerprint density at radius 2 is 2.00 bits per heavy atom. The summed E-state index contributed by atoms with van der Waals surface area (Å²) >= 11 is 0. The van der Waals surface area contributed by atoms with Gasteiger partial charge in [-0.05, 0) is 68.7 Å². The number of aryl methyl sites for hydroxylation is 1. The van der Waals surface area contributed by atoms with Gasteiger partial charge >= 0.3 is 0 Å². The Morgan fingerprint density at radius 1 is 1.14 bits per heavy atom. The molecule has 0 aromatic carbocycles. The molecule has 152 valence electrons. The van der Waals surface area contributed by atoms with Crippen molar-refractivity contribution in [2.75, 3.05) is 6.61 Å². The van der Waals surface area contributed by atoms with Crippen molar-refractivity contribution >= 4 is 0 Å². The lowest BCUT2D eigenvalue weighted by Gasteiger charge is -2.46. The highest BCUT2D eigenvalue weighted by Gasteiger charge is 2.48. The Morgan fingerprint density at radius 3 is 2.76 bits per heavy atom. The van der Waals surface area contributed by atoms with Crippen molar-refractivity contribution in [3.63, 3.8) is 0 Å². The van der Waals surface area contributed by atoms with E-state index < -0.39 is 5.95 Å². The van der Waals surface area contributed by atoms with Gasteiger partial charge in [-0.3, -0.25) is 4.98 Å². The van der Waals surface area contributed by atoms with Crippen molar-refractivity contribution in [1.82, 2.24) is 9.97 Å². The Balaban J connectivity index is 1.45. The normalized spacial score (nSPS) is 23.2. The maximum atomic E-state index is 13.4. The molecular weight excluding hydrogens is 365 g/mol. The van der Waals surface area contributed by atoms with Crippen LogP contribution in [0.3, 0.4) is 0 Å². The molecule has 29 heavy (non-hydrogen) atoms. The highest BCUT2D eigenvalue weighted by molar-refractivity contribution is 5.30. The van der Waals surface area contributed by atoms with Crippen LogP contribution < -0.4 is 0 Å². The average Bonchev–Trinajstić information content (AvgIpc) is 3.20. The van der Waals surface area contributed by atoms with E-state index in [9.17, 15) is 4.39 Å². The highest BCUT2D eigenvalue weighted by Crippen LogP contribution is 2.50. The van der Waals surface area contributed by atoms with Crippen LogP contribution in [0, 0.1) is 17.3 Å². The second-order valence-electron chi connectivity index (χ2n) is 8.66. The molecule has 0 bridgehead atoms. The summed E-state index contributed by atoms with van der Waals surface area (Å²) in [4.78, 5) is 8.47. The largest absolute Gasteiger partial charge is 0.375 e. The summed E-state index contributed by atoms with van der Waals surface area (Å²) in [5.74, 6) is -0.686. The monoisotopic (exact) mass is 393 g/mol. The molecule has 1 saturated heterocycles. The molecule has 4 rings (SSSR count). The summed E-state index contributed by atoms with van der Waals surface area (Å²) < 4.78 is 19.7. The van der Waals surface area contributed by atoms with Gasteiger partial charge in [0.15, 0.2) is 0 Å². The SMILES string of the molecule is N#Cc1cc(CCCC[C@@]2(c3ccccn3)CCOC3(CCCC3)C2)cnc1F. The fourth-order valence-electron chi connectivity index (χ4n) is 5.30. The maximum absolute atomic E-state index is 13.4. The lowest BCUT2D eigenvalue weighted by atomic mass is 9.67. The smallest absolute Gasteiger partial charge is 0.230 e. The zero-order chi connectivity index (χ0) is 20.2. The van der Waals surface area contributed by atoms with Gasteiger partial charge in [-0.2, -0.15) is 9.65 Å². The lowest BCUT2D eigenvalue weighted by molar-refractivity contribution is -0.104. The van der Waals surface area contributed by atoms with E-state index >= 15 is 0 Å². The van der Waals surface area contributed by atoms with Gasteiger partial charge in [-0.15, -0.1) is 0 Å². The van der Waals surface area contributed by atoms with Crippen LogP contribution in [0.4, 0.5) is 4.39 Å². The van der Waals surface area contributed by atoms with E-state index in [1.165, 1.54) is 31.4 Å². The fourth-order valence-corrected chi connectivity index (χ4v) is 5.30. The summed E-state index contributed by atoms with van der Waals surface area (Å²) in [6.45, 7) is 0.810. The van der Waals surface area contributed by atoms with Crippen LogP contribution in [0.1, 0.15) is 74.6 Å². The quantitative estimate of drug-likeness (QED) is 0.496. The zero-order valence-electron chi connectivity index (χ0n) is 16.9. The van der Waals surface area contributed by atoms with E-state index in [1.54, 1.807) is 12.3 Å². The van der Waals surface area contributed by atoms with Gasteiger partial charge in [0.05, 0.1) is 5.60 Å². The Labute approximate surface area is 172 Å². The first kappa shape index (κ1) is 20.0. The molecule has 1 atom stereocenters. The van der Waals surface area contributed by atoms with E-state index in [1.807, 2.05) is 18.3 Å². The van der Waals surface area contributed by atoms with Crippen LogP contribution in [0.15, 0.2) is 36.7 Å². The average molecular weight is 394 g/mol. The molecule has 0 amide bonds. The molecule has 0 radical (unpaired) electrons. The first-order chi connectivity index (χ1) is 14.1. The second-order valence-corrected chi connectivity index (χ2v) is 8.66. The van der Waals surface area contributed by atoms with Crippen molar-refractivity contribution < 1.29 is 9.13 Å². The number of pyridine rings is 2. The van der Waals surface area contributed by atoms with Crippen molar-refractivity contribution in [3.8, 4) is 6.07 Å². The number of unbranched alkanes of at least 4 members (excludes halogenated alkanes) is 1. The summed E-state index contributed by atoms with van der Waals surface area (Å²) in [6.07, 6.45) is 14.3. The molecule has 1 spiro atoms. The number of rotatable bonds is 6. The van der Waals surface area contributed by atoms with Crippen molar-refractivity contribution in [3.05, 3.63) is 59.4 Å². The lowest BCUT2D eigenvalue weighted by Crippen LogP contribution is -2.46. The van der Waals surface area contributed by atoms with Crippen molar-refractivity contribution in [2.45, 2.75) is 75.2 Å². The second kappa shape index (κ2) is 8.59. The number of hydrogen-bond acceptors (Lipinski definition) is 4. The Kier molecular flexibility index (Phi) is 5.91. The summed E-state index contributed by atoms with van der Waals surface area (Å²) in [5.41, 5.74) is 2.26. The van der Waals surface area contributed by atoms with Crippen LogP contribution in [0.2, 0.25) is 0 Å². The van der Waals surface area contributed by atoms with E-state index in [-0.39, 0.29) is 16.6 Å². The summed E-state index contributed by atoms with van der Waals surface area (Å²) in [6, 6.07) is 9.75. The van der Waals surface area contributed by atoms with Gasteiger partial charge < -0.3 is 4.74 Å². The number of nitriles is 1. The van der Waals surface area contributed by atoms with E-state index in [0.29, 0.717) is 0 Å². The molecular formula is C24H28FN3O. The van der Waals surface area contributed by atoms with Crippen LogP contribution in [-0.4, -0.2) is 22.2 Å². The van der Waals surface area contributed by atoms with Crippen LogP contribution in [0.5, 0.6) is 0 Å².